The summed E-state index contributed by atoms with van der Waals surface area (Å²) < 4.78 is 5.44. The molecule has 2 aromatic carbocycles. The second-order valence-corrected chi connectivity index (χ2v) is 8.97. The molecule has 1 saturated heterocycles. The van der Waals surface area contributed by atoms with Crippen molar-refractivity contribution in [2.75, 3.05) is 26.2 Å². The van der Waals surface area contributed by atoms with Gasteiger partial charge in [-0.1, -0.05) is 53.2 Å². The lowest BCUT2D eigenvalue weighted by Gasteiger charge is -2.35. The number of aryl methyl sites for hydroxylation is 1. The molecule has 4 rings (SSSR count). The van der Waals surface area contributed by atoms with Crippen molar-refractivity contribution in [2.24, 2.45) is 0 Å². The standard InChI is InChI=1S/C23H26N4O2S/c1-17-8-10-19(11-9-17)22-24-21(29-25-22)16-26-12-14-27(15-13-26)23(28)18(2)30-20-6-4-3-5-7-20/h3-11,18H,12-16H2,1-2H3/t18-/m1/s1. The van der Waals surface area contributed by atoms with E-state index in [4.69, 9.17) is 4.52 Å². The zero-order valence-corrected chi connectivity index (χ0v) is 18.1. The van der Waals surface area contributed by atoms with Crippen LogP contribution >= 0.6 is 11.8 Å². The Morgan fingerprint density at radius 3 is 2.47 bits per heavy atom. The predicted molar refractivity (Wildman–Crippen MR) is 118 cm³/mol. The largest absolute Gasteiger partial charge is 0.339 e. The lowest BCUT2D eigenvalue weighted by atomic mass is 10.1. The first-order chi connectivity index (χ1) is 14.6. The topological polar surface area (TPSA) is 62.5 Å². The molecule has 1 aliphatic heterocycles. The Bertz CT molecular complexity index is 966. The number of hydrogen-bond donors (Lipinski definition) is 0. The van der Waals surface area contributed by atoms with E-state index in [1.54, 1.807) is 11.8 Å². The van der Waals surface area contributed by atoms with Crippen LogP contribution in [0.1, 0.15) is 18.4 Å². The molecule has 0 saturated carbocycles. The lowest BCUT2D eigenvalue weighted by molar-refractivity contribution is -0.132. The van der Waals surface area contributed by atoms with Gasteiger partial charge in [-0.3, -0.25) is 9.69 Å². The summed E-state index contributed by atoms with van der Waals surface area (Å²) in [7, 11) is 0. The highest BCUT2D eigenvalue weighted by atomic mass is 32.2. The molecule has 30 heavy (non-hydrogen) atoms. The van der Waals surface area contributed by atoms with Crippen LogP contribution in [-0.2, 0) is 11.3 Å². The van der Waals surface area contributed by atoms with Crippen LogP contribution in [0.2, 0.25) is 0 Å². The fraction of sp³-hybridized carbons (Fsp3) is 0.348. The van der Waals surface area contributed by atoms with Gasteiger partial charge in [-0.2, -0.15) is 4.98 Å². The maximum atomic E-state index is 12.8. The van der Waals surface area contributed by atoms with Gasteiger partial charge in [0.25, 0.3) is 0 Å². The van der Waals surface area contributed by atoms with Crippen molar-refractivity contribution in [2.45, 2.75) is 30.5 Å². The molecule has 1 atom stereocenters. The van der Waals surface area contributed by atoms with Crippen molar-refractivity contribution in [3.8, 4) is 11.4 Å². The van der Waals surface area contributed by atoms with Crippen molar-refractivity contribution >= 4 is 17.7 Å². The molecule has 0 bridgehead atoms. The number of benzene rings is 2. The zero-order chi connectivity index (χ0) is 20.9. The van der Waals surface area contributed by atoms with Gasteiger partial charge in [0.1, 0.15) is 0 Å². The summed E-state index contributed by atoms with van der Waals surface area (Å²) in [6.07, 6.45) is 0. The Balaban J connectivity index is 1.27. The van der Waals surface area contributed by atoms with Crippen LogP contribution in [0.25, 0.3) is 11.4 Å². The molecule has 3 aromatic rings. The Morgan fingerprint density at radius 1 is 1.07 bits per heavy atom. The van der Waals surface area contributed by atoms with Crippen LogP contribution in [0.15, 0.2) is 64.0 Å². The minimum atomic E-state index is -0.0908. The van der Waals surface area contributed by atoms with Gasteiger partial charge in [-0.15, -0.1) is 11.8 Å². The summed E-state index contributed by atoms with van der Waals surface area (Å²) in [5.41, 5.74) is 2.15. The number of piperazine rings is 1. The van der Waals surface area contributed by atoms with Crippen molar-refractivity contribution < 1.29 is 9.32 Å². The van der Waals surface area contributed by atoms with Gasteiger partial charge in [-0.05, 0) is 26.0 Å². The predicted octanol–water partition coefficient (Wildman–Crippen LogP) is 3.87. The van der Waals surface area contributed by atoms with E-state index in [0.717, 1.165) is 36.6 Å². The van der Waals surface area contributed by atoms with Crippen LogP contribution < -0.4 is 0 Å². The highest BCUT2D eigenvalue weighted by Crippen LogP contribution is 2.24. The second kappa shape index (κ2) is 9.45. The van der Waals surface area contributed by atoms with E-state index in [0.29, 0.717) is 18.3 Å². The smallest absolute Gasteiger partial charge is 0.241 e. The van der Waals surface area contributed by atoms with Crippen LogP contribution in [-0.4, -0.2) is 57.3 Å². The molecule has 0 N–H and O–H groups in total. The first kappa shape index (κ1) is 20.6. The third-order valence-corrected chi connectivity index (χ3v) is 6.32. The molecule has 1 aliphatic rings. The highest BCUT2D eigenvalue weighted by Gasteiger charge is 2.26. The number of aromatic nitrogens is 2. The summed E-state index contributed by atoms with van der Waals surface area (Å²) in [6.45, 7) is 7.69. The number of hydrogen-bond acceptors (Lipinski definition) is 6. The fourth-order valence-electron chi connectivity index (χ4n) is 3.47. The van der Waals surface area contributed by atoms with Gasteiger partial charge in [0.15, 0.2) is 0 Å². The third kappa shape index (κ3) is 5.09. The summed E-state index contributed by atoms with van der Waals surface area (Å²) in [6, 6.07) is 18.2. The van der Waals surface area contributed by atoms with Gasteiger partial charge in [-0.25, -0.2) is 0 Å². The van der Waals surface area contributed by atoms with Crippen molar-refractivity contribution in [1.82, 2.24) is 19.9 Å². The molecule has 156 valence electrons. The van der Waals surface area contributed by atoms with Crippen LogP contribution in [0.4, 0.5) is 0 Å². The minimum Gasteiger partial charge on any atom is -0.339 e. The van der Waals surface area contributed by atoms with E-state index >= 15 is 0 Å². The number of nitrogens with zero attached hydrogens (tertiary/aromatic N) is 4. The Labute approximate surface area is 181 Å². The van der Waals surface area contributed by atoms with Crippen LogP contribution in [0.3, 0.4) is 0 Å². The lowest BCUT2D eigenvalue weighted by Crippen LogP contribution is -2.50. The summed E-state index contributed by atoms with van der Waals surface area (Å²) in [4.78, 5) is 22.7. The summed E-state index contributed by atoms with van der Waals surface area (Å²) in [5, 5.41) is 4.02. The summed E-state index contributed by atoms with van der Waals surface area (Å²) >= 11 is 1.61. The molecular formula is C23H26N4O2S. The van der Waals surface area contributed by atoms with Crippen LogP contribution in [0.5, 0.6) is 0 Å². The van der Waals surface area contributed by atoms with Gasteiger partial charge < -0.3 is 9.42 Å². The fourth-order valence-corrected chi connectivity index (χ4v) is 4.44. The van der Waals surface area contributed by atoms with E-state index in [1.807, 2.05) is 66.4 Å². The normalized spacial score (nSPS) is 15.9. The first-order valence-corrected chi connectivity index (χ1v) is 11.1. The molecular weight excluding hydrogens is 396 g/mol. The Kier molecular flexibility index (Phi) is 6.50. The molecule has 6 nitrogen and oxygen atoms in total. The molecule has 1 aromatic heterocycles. The first-order valence-electron chi connectivity index (χ1n) is 10.2. The van der Waals surface area contributed by atoms with E-state index in [-0.39, 0.29) is 11.2 Å². The van der Waals surface area contributed by atoms with Crippen LogP contribution in [0, 0.1) is 6.92 Å². The third-order valence-electron chi connectivity index (χ3n) is 5.22. The molecule has 0 unspecified atom stereocenters. The maximum absolute atomic E-state index is 12.8. The highest BCUT2D eigenvalue weighted by molar-refractivity contribution is 8.00. The Hall–Kier alpha value is -2.64. The van der Waals surface area contributed by atoms with Gasteiger partial charge in [0.2, 0.25) is 17.6 Å². The number of carbonyl (C=O) groups is 1. The average Bonchev–Trinajstić information content (AvgIpc) is 3.23. The van der Waals surface area contributed by atoms with E-state index in [9.17, 15) is 4.79 Å². The monoisotopic (exact) mass is 422 g/mol. The average molecular weight is 423 g/mol. The van der Waals surface area contributed by atoms with Gasteiger partial charge in [0, 0.05) is 36.6 Å². The SMILES string of the molecule is Cc1ccc(-c2noc(CN3CCN(C(=O)[C@@H](C)Sc4ccccc4)CC3)n2)cc1. The number of amides is 1. The second-order valence-electron chi connectivity index (χ2n) is 7.55. The van der Waals surface area contributed by atoms with Crippen molar-refractivity contribution in [3.63, 3.8) is 0 Å². The quantitative estimate of drug-likeness (QED) is 0.562. The van der Waals surface area contributed by atoms with Gasteiger partial charge in [0.05, 0.1) is 11.8 Å². The molecule has 2 heterocycles. The Morgan fingerprint density at radius 2 is 1.77 bits per heavy atom. The van der Waals surface area contributed by atoms with Crippen molar-refractivity contribution in [1.29, 1.82) is 0 Å². The number of rotatable bonds is 6. The molecule has 1 fully saturated rings. The molecule has 0 radical (unpaired) electrons. The van der Waals surface area contributed by atoms with E-state index < -0.39 is 0 Å². The summed E-state index contributed by atoms with van der Waals surface area (Å²) in [5.74, 6) is 1.42. The van der Waals surface area contributed by atoms with E-state index in [2.05, 4.69) is 22.0 Å². The van der Waals surface area contributed by atoms with E-state index in [1.165, 1.54) is 5.56 Å². The molecule has 1 amide bonds. The van der Waals surface area contributed by atoms with Crippen molar-refractivity contribution in [3.05, 3.63) is 66.1 Å². The molecule has 7 heteroatoms. The molecule has 0 aliphatic carbocycles. The maximum Gasteiger partial charge on any atom is 0.241 e. The zero-order valence-electron chi connectivity index (χ0n) is 17.3. The minimum absolute atomic E-state index is 0.0908. The van der Waals surface area contributed by atoms with Gasteiger partial charge >= 0.3 is 0 Å². The molecule has 0 spiro atoms. The number of carbonyl (C=O) groups excluding carboxylic acids is 1. The number of thioether (sulfide) groups is 1.